The van der Waals surface area contributed by atoms with Crippen LogP contribution in [0, 0.1) is 6.92 Å². The van der Waals surface area contributed by atoms with E-state index in [4.69, 9.17) is 9.47 Å². The lowest BCUT2D eigenvalue weighted by atomic mass is 10.0. The first-order valence-corrected chi connectivity index (χ1v) is 11.3. The van der Waals surface area contributed by atoms with Crippen molar-refractivity contribution >= 4 is 38.8 Å². The largest absolute Gasteiger partial charge is 0.488 e. The first kappa shape index (κ1) is 22.6. The molecular weight excluding hydrogens is 480 g/mol. The molecule has 4 aromatic carbocycles. The molecule has 4 aromatic rings. The predicted octanol–water partition coefficient (Wildman–Crippen LogP) is 6.02. The number of carbonyl (C=O) groups is 1. The molecule has 0 spiro atoms. The van der Waals surface area contributed by atoms with Crippen LogP contribution in [0.2, 0.25) is 0 Å². The summed E-state index contributed by atoms with van der Waals surface area (Å²) < 4.78 is 12.6. The maximum atomic E-state index is 12.2. The smallest absolute Gasteiger partial charge is 0.277 e. The highest BCUT2D eigenvalue weighted by atomic mass is 79.9. The third-order valence-corrected chi connectivity index (χ3v) is 5.45. The third kappa shape index (κ3) is 6.20. The topological polar surface area (TPSA) is 59.9 Å². The summed E-state index contributed by atoms with van der Waals surface area (Å²) in [5, 5.41) is 6.20. The summed E-state index contributed by atoms with van der Waals surface area (Å²) in [6.45, 7) is 2.26. The standard InChI is InChI=1S/C27H23BrN2O3/c1-19-6-4-10-23(14-19)32-18-27(31)30-29-16-25-24-11-3-2-8-21(24)12-13-26(25)33-17-20-7-5-9-22(28)15-20/h2-16H,17-18H2,1H3,(H,30,31)/b29-16+. The third-order valence-electron chi connectivity index (χ3n) is 4.96. The van der Waals surface area contributed by atoms with Crippen LogP contribution in [0.25, 0.3) is 10.8 Å². The molecule has 0 aromatic heterocycles. The molecule has 0 saturated carbocycles. The number of carbonyl (C=O) groups excluding carboxylic acids is 1. The van der Waals surface area contributed by atoms with Crippen molar-refractivity contribution in [3.8, 4) is 11.5 Å². The second-order valence-corrected chi connectivity index (χ2v) is 8.43. The van der Waals surface area contributed by atoms with E-state index in [-0.39, 0.29) is 12.5 Å². The van der Waals surface area contributed by atoms with Gasteiger partial charge in [0.05, 0.1) is 6.21 Å². The van der Waals surface area contributed by atoms with E-state index in [0.717, 1.165) is 31.9 Å². The van der Waals surface area contributed by atoms with E-state index in [0.29, 0.717) is 18.1 Å². The van der Waals surface area contributed by atoms with E-state index in [1.807, 2.05) is 91.9 Å². The number of rotatable bonds is 8. The van der Waals surface area contributed by atoms with Crippen molar-refractivity contribution in [2.75, 3.05) is 6.61 Å². The second-order valence-electron chi connectivity index (χ2n) is 7.52. The Morgan fingerprint density at radius 3 is 2.67 bits per heavy atom. The molecule has 0 radical (unpaired) electrons. The molecule has 0 bridgehead atoms. The molecule has 166 valence electrons. The molecule has 0 atom stereocenters. The van der Waals surface area contributed by atoms with Crippen LogP contribution in [-0.4, -0.2) is 18.7 Å². The van der Waals surface area contributed by atoms with Gasteiger partial charge < -0.3 is 9.47 Å². The summed E-state index contributed by atoms with van der Waals surface area (Å²) in [6.07, 6.45) is 1.61. The summed E-state index contributed by atoms with van der Waals surface area (Å²) in [5.41, 5.74) is 5.44. The van der Waals surface area contributed by atoms with Crippen LogP contribution >= 0.6 is 15.9 Å². The summed E-state index contributed by atoms with van der Waals surface area (Å²) in [5.74, 6) is 0.985. The van der Waals surface area contributed by atoms with Gasteiger partial charge >= 0.3 is 0 Å². The number of benzene rings is 4. The molecule has 0 aliphatic rings. The van der Waals surface area contributed by atoms with Gasteiger partial charge in [-0.1, -0.05) is 70.5 Å². The van der Waals surface area contributed by atoms with Crippen LogP contribution in [0.1, 0.15) is 16.7 Å². The maximum Gasteiger partial charge on any atom is 0.277 e. The normalized spacial score (nSPS) is 11.0. The molecule has 0 aliphatic heterocycles. The molecule has 0 fully saturated rings. The van der Waals surface area contributed by atoms with Gasteiger partial charge in [-0.2, -0.15) is 5.10 Å². The average molecular weight is 503 g/mol. The zero-order valence-corrected chi connectivity index (χ0v) is 19.7. The first-order valence-electron chi connectivity index (χ1n) is 10.5. The van der Waals surface area contributed by atoms with Crippen LogP contribution in [0.15, 0.2) is 94.5 Å². The summed E-state index contributed by atoms with van der Waals surface area (Å²) in [4.78, 5) is 12.2. The molecule has 1 amide bonds. The van der Waals surface area contributed by atoms with Crippen molar-refractivity contribution in [3.05, 3.63) is 106 Å². The summed E-state index contributed by atoms with van der Waals surface area (Å²) in [7, 11) is 0. The highest BCUT2D eigenvalue weighted by molar-refractivity contribution is 9.10. The first-order chi connectivity index (χ1) is 16.1. The van der Waals surface area contributed by atoms with Crippen molar-refractivity contribution in [3.63, 3.8) is 0 Å². The molecule has 0 aliphatic carbocycles. The lowest BCUT2D eigenvalue weighted by molar-refractivity contribution is -0.123. The van der Waals surface area contributed by atoms with Crippen LogP contribution in [-0.2, 0) is 11.4 Å². The zero-order chi connectivity index (χ0) is 23.0. The monoisotopic (exact) mass is 502 g/mol. The van der Waals surface area contributed by atoms with Crippen molar-refractivity contribution < 1.29 is 14.3 Å². The average Bonchev–Trinajstić information content (AvgIpc) is 2.82. The Morgan fingerprint density at radius 1 is 0.970 bits per heavy atom. The molecule has 0 saturated heterocycles. The van der Waals surface area contributed by atoms with E-state index in [1.165, 1.54) is 0 Å². The van der Waals surface area contributed by atoms with Gasteiger partial charge in [-0.15, -0.1) is 0 Å². The van der Waals surface area contributed by atoms with Crippen molar-refractivity contribution in [2.24, 2.45) is 5.10 Å². The van der Waals surface area contributed by atoms with E-state index in [9.17, 15) is 4.79 Å². The van der Waals surface area contributed by atoms with Crippen molar-refractivity contribution in [2.45, 2.75) is 13.5 Å². The Labute approximate surface area is 201 Å². The maximum absolute atomic E-state index is 12.2. The number of hydrazone groups is 1. The SMILES string of the molecule is Cc1cccc(OCC(=O)N/N=C/c2c(OCc3cccc(Br)c3)ccc3ccccc23)c1. The van der Waals surface area contributed by atoms with Crippen LogP contribution in [0.5, 0.6) is 11.5 Å². The fraction of sp³-hybridized carbons (Fsp3) is 0.111. The van der Waals surface area contributed by atoms with Gasteiger partial charge in [0.1, 0.15) is 18.1 Å². The van der Waals surface area contributed by atoms with Gasteiger partial charge in [0.15, 0.2) is 6.61 Å². The Bertz CT molecular complexity index is 1300. The van der Waals surface area contributed by atoms with E-state index >= 15 is 0 Å². The quantitative estimate of drug-likeness (QED) is 0.236. The predicted molar refractivity (Wildman–Crippen MR) is 135 cm³/mol. The van der Waals surface area contributed by atoms with Crippen LogP contribution in [0.4, 0.5) is 0 Å². The minimum Gasteiger partial charge on any atom is -0.488 e. The van der Waals surface area contributed by atoms with Gasteiger partial charge in [-0.25, -0.2) is 5.43 Å². The molecule has 1 N–H and O–H groups in total. The van der Waals surface area contributed by atoms with Crippen LogP contribution < -0.4 is 14.9 Å². The van der Waals surface area contributed by atoms with Gasteiger partial charge in [-0.3, -0.25) is 4.79 Å². The molecule has 5 nitrogen and oxygen atoms in total. The number of nitrogens with zero attached hydrogens (tertiary/aromatic N) is 1. The number of hydrogen-bond acceptors (Lipinski definition) is 4. The number of hydrogen-bond donors (Lipinski definition) is 1. The fourth-order valence-electron chi connectivity index (χ4n) is 3.38. The molecule has 0 unspecified atom stereocenters. The lowest BCUT2D eigenvalue weighted by Crippen LogP contribution is -2.24. The molecule has 33 heavy (non-hydrogen) atoms. The number of nitrogens with one attached hydrogen (secondary N) is 1. The number of amides is 1. The van der Waals surface area contributed by atoms with Gasteiger partial charge in [0.2, 0.25) is 0 Å². The molecule has 6 heteroatoms. The molecule has 0 heterocycles. The van der Waals surface area contributed by atoms with Gasteiger partial charge in [-0.05, 0) is 59.2 Å². The Balaban J connectivity index is 1.47. The highest BCUT2D eigenvalue weighted by Gasteiger charge is 2.09. The second kappa shape index (κ2) is 10.8. The number of aryl methyl sites for hydroxylation is 1. The number of ether oxygens (including phenoxy) is 2. The minimum atomic E-state index is -0.343. The van der Waals surface area contributed by atoms with Crippen molar-refractivity contribution in [1.29, 1.82) is 0 Å². The van der Waals surface area contributed by atoms with E-state index in [2.05, 4.69) is 26.5 Å². The van der Waals surface area contributed by atoms with E-state index < -0.39 is 0 Å². The van der Waals surface area contributed by atoms with E-state index in [1.54, 1.807) is 6.21 Å². The number of fused-ring (bicyclic) bond motifs is 1. The lowest BCUT2D eigenvalue weighted by Gasteiger charge is -2.12. The highest BCUT2D eigenvalue weighted by Crippen LogP contribution is 2.27. The number of halogens is 1. The Kier molecular flexibility index (Phi) is 7.37. The van der Waals surface area contributed by atoms with Crippen molar-refractivity contribution in [1.82, 2.24) is 5.43 Å². The molecular formula is C27H23BrN2O3. The summed E-state index contributed by atoms with van der Waals surface area (Å²) in [6, 6.07) is 27.4. The fourth-order valence-corrected chi connectivity index (χ4v) is 3.82. The Morgan fingerprint density at radius 2 is 1.82 bits per heavy atom. The summed E-state index contributed by atoms with van der Waals surface area (Å²) >= 11 is 3.49. The van der Waals surface area contributed by atoms with Crippen LogP contribution in [0.3, 0.4) is 0 Å². The zero-order valence-electron chi connectivity index (χ0n) is 18.1. The minimum absolute atomic E-state index is 0.122. The van der Waals surface area contributed by atoms with Gasteiger partial charge in [0.25, 0.3) is 5.91 Å². The Hall–Kier alpha value is -3.64. The molecule has 4 rings (SSSR count). The van der Waals surface area contributed by atoms with Gasteiger partial charge in [0, 0.05) is 10.0 Å².